The number of aromatic hydroxyl groups is 1. The molecule has 1 aliphatic rings. The van der Waals surface area contributed by atoms with Crippen LogP contribution in [0.2, 0.25) is 0 Å². The summed E-state index contributed by atoms with van der Waals surface area (Å²) < 4.78 is 9.77. The summed E-state index contributed by atoms with van der Waals surface area (Å²) >= 11 is 0. The van der Waals surface area contributed by atoms with E-state index in [4.69, 9.17) is 9.47 Å². The average Bonchev–Trinajstić information content (AvgIpc) is 3.16. The average molecular weight is 250 g/mol. The van der Waals surface area contributed by atoms with Crippen molar-refractivity contribution in [3.05, 3.63) is 23.8 Å². The zero-order valence-corrected chi connectivity index (χ0v) is 10.7. The minimum atomic E-state index is -0.116. The number of phenols is 1. The van der Waals surface area contributed by atoms with Gasteiger partial charge in [0.1, 0.15) is 0 Å². The Bertz CT molecular complexity index is 441. The van der Waals surface area contributed by atoms with E-state index in [0.29, 0.717) is 11.7 Å². The van der Waals surface area contributed by atoms with Gasteiger partial charge in [-0.1, -0.05) is 12.1 Å². The number of esters is 1. The highest BCUT2D eigenvalue weighted by molar-refractivity contribution is 5.75. The summed E-state index contributed by atoms with van der Waals surface area (Å²) in [6, 6.07) is 5.47. The first-order valence-corrected chi connectivity index (χ1v) is 6.10. The van der Waals surface area contributed by atoms with Crippen molar-refractivity contribution in [1.82, 2.24) is 0 Å². The summed E-state index contributed by atoms with van der Waals surface area (Å²) in [6.45, 7) is 0. The van der Waals surface area contributed by atoms with Crippen LogP contribution in [0.5, 0.6) is 11.5 Å². The molecule has 1 saturated carbocycles. The molecule has 4 nitrogen and oxygen atoms in total. The molecule has 2 unspecified atom stereocenters. The van der Waals surface area contributed by atoms with Gasteiger partial charge in [-0.25, -0.2) is 0 Å². The normalized spacial score (nSPS) is 21.4. The molecular formula is C14H18O4. The van der Waals surface area contributed by atoms with Gasteiger partial charge >= 0.3 is 5.97 Å². The van der Waals surface area contributed by atoms with Crippen LogP contribution in [-0.4, -0.2) is 25.3 Å². The molecule has 0 bridgehead atoms. The van der Waals surface area contributed by atoms with Crippen LogP contribution in [0.25, 0.3) is 0 Å². The summed E-state index contributed by atoms with van der Waals surface area (Å²) in [5.41, 5.74) is 0.866. The predicted molar refractivity (Wildman–Crippen MR) is 66.6 cm³/mol. The van der Waals surface area contributed by atoms with Gasteiger partial charge in [0.2, 0.25) is 0 Å². The number of phenolic OH excluding ortho intramolecular Hbond substituents is 1. The maximum absolute atomic E-state index is 11.3. The Kier molecular flexibility index (Phi) is 3.75. The molecule has 1 N–H and O–H groups in total. The molecule has 1 fully saturated rings. The van der Waals surface area contributed by atoms with Gasteiger partial charge in [-0.05, 0) is 36.8 Å². The maximum atomic E-state index is 11.3. The summed E-state index contributed by atoms with van der Waals surface area (Å²) in [4.78, 5) is 11.3. The Morgan fingerprint density at radius 1 is 1.44 bits per heavy atom. The molecular weight excluding hydrogens is 232 g/mol. The molecule has 0 saturated heterocycles. The molecule has 1 aliphatic carbocycles. The first-order chi connectivity index (χ1) is 8.67. The van der Waals surface area contributed by atoms with Crippen LogP contribution >= 0.6 is 0 Å². The van der Waals surface area contributed by atoms with Crippen molar-refractivity contribution in [1.29, 1.82) is 0 Å². The molecule has 2 atom stereocenters. The molecule has 98 valence electrons. The van der Waals surface area contributed by atoms with Crippen molar-refractivity contribution in [3.63, 3.8) is 0 Å². The zero-order valence-electron chi connectivity index (χ0n) is 10.7. The summed E-state index contributed by atoms with van der Waals surface area (Å²) in [7, 11) is 2.96. The summed E-state index contributed by atoms with van der Waals surface area (Å²) in [6.07, 6.45) is 2.54. The van der Waals surface area contributed by atoms with Crippen molar-refractivity contribution < 1.29 is 19.4 Å². The summed E-state index contributed by atoms with van der Waals surface area (Å²) in [5.74, 6) is 1.03. The Morgan fingerprint density at radius 2 is 2.22 bits per heavy atom. The molecule has 0 aliphatic heterocycles. The van der Waals surface area contributed by atoms with Crippen molar-refractivity contribution in [2.45, 2.75) is 19.3 Å². The monoisotopic (exact) mass is 250 g/mol. The number of hydrogen-bond acceptors (Lipinski definition) is 4. The molecule has 0 aromatic heterocycles. The number of carbonyl (C=O) groups excluding carboxylic acids is 1. The van der Waals surface area contributed by atoms with Crippen LogP contribution in [-0.2, 0) is 16.0 Å². The van der Waals surface area contributed by atoms with E-state index in [1.807, 2.05) is 12.1 Å². The molecule has 4 heteroatoms. The lowest BCUT2D eigenvalue weighted by Crippen LogP contribution is -2.04. The predicted octanol–water partition coefficient (Wildman–Crippen LogP) is 2.14. The van der Waals surface area contributed by atoms with Gasteiger partial charge in [-0.2, -0.15) is 0 Å². The highest BCUT2D eigenvalue weighted by Crippen LogP contribution is 2.43. The van der Waals surface area contributed by atoms with Crippen LogP contribution in [0.4, 0.5) is 0 Å². The minimum absolute atomic E-state index is 0.0581. The van der Waals surface area contributed by atoms with Crippen molar-refractivity contribution in [2.75, 3.05) is 14.2 Å². The van der Waals surface area contributed by atoms with E-state index in [1.54, 1.807) is 6.07 Å². The topological polar surface area (TPSA) is 55.8 Å². The van der Waals surface area contributed by atoms with E-state index >= 15 is 0 Å². The Hall–Kier alpha value is -1.71. The number of aryl methyl sites for hydroxylation is 1. The lowest BCUT2D eigenvalue weighted by atomic mass is 10.1. The maximum Gasteiger partial charge on any atom is 0.308 e. The van der Waals surface area contributed by atoms with E-state index in [2.05, 4.69) is 0 Å². The van der Waals surface area contributed by atoms with Gasteiger partial charge in [0.25, 0.3) is 0 Å². The van der Waals surface area contributed by atoms with Gasteiger partial charge in [0.05, 0.1) is 20.1 Å². The second-order valence-electron chi connectivity index (χ2n) is 4.63. The number of carbonyl (C=O) groups is 1. The van der Waals surface area contributed by atoms with Crippen molar-refractivity contribution >= 4 is 5.97 Å². The smallest absolute Gasteiger partial charge is 0.308 e. The molecule has 1 aromatic rings. The second-order valence-corrected chi connectivity index (χ2v) is 4.63. The molecule has 0 radical (unpaired) electrons. The Labute approximate surface area is 107 Å². The number of rotatable bonds is 5. The van der Waals surface area contributed by atoms with Crippen LogP contribution in [0, 0.1) is 11.8 Å². The molecule has 0 heterocycles. The standard InChI is InChI=1S/C14H18O4/c1-17-12-5-3-4-9(13(12)15)6-7-10-8-11(10)14(16)18-2/h3-5,10-11,15H,6-8H2,1-2H3. The molecule has 2 rings (SSSR count). The lowest BCUT2D eigenvalue weighted by Gasteiger charge is -2.08. The van der Waals surface area contributed by atoms with E-state index in [1.165, 1.54) is 14.2 Å². The molecule has 1 aromatic carbocycles. The van der Waals surface area contributed by atoms with Gasteiger partial charge in [-0.15, -0.1) is 0 Å². The first kappa shape index (κ1) is 12.7. The number of ether oxygens (including phenoxy) is 2. The van der Waals surface area contributed by atoms with E-state index in [0.717, 1.165) is 24.8 Å². The van der Waals surface area contributed by atoms with Crippen molar-refractivity contribution in [2.24, 2.45) is 11.8 Å². The van der Waals surface area contributed by atoms with E-state index in [-0.39, 0.29) is 17.6 Å². The van der Waals surface area contributed by atoms with Gasteiger partial charge < -0.3 is 14.6 Å². The third-order valence-electron chi connectivity index (χ3n) is 3.51. The zero-order chi connectivity index (χ0) is 13.1. The molecule has 18 heavy (non-hydrogen) atoms. The van der Waals surface area contributed by atoms with Gasteiger partial charge in [0, 0.05) is 0 Å². The van der Waals surface area contributed by atoms with Gasteiger partial charge in [0.15, 0.2) is 11.5 Å². The quantitative estimate of drug-likeness (QED) is 0.813. The first-order valence-electron chi connectivity index (χ1n) is 6.10. The highest BCUT2D eigenvalue weighted by atomic mass is 16.5. The molecule has 0 spiro atoms. The number of methoxy groups -OCH3 is 2. The van der Waals surface area contributed by atoms with Crippen LogP contribution < -0.4 is 4.74 Å². The number of para-hydroxylation sites is 1. The van der Waals surface area contributed by atoms with Crippen LogP contribution in [0.3, 0.4) is 0 Å². The Balaban J connectivity index is 1.90. The fourth-order valence-corrected chi connectivity index (χ4v) is 2.28. The van der Waals surface area contributed by atoms with Crippen LogP contribution in [0.1, 0.15) is 18.4 Å². The largest absolute Gasteiger partial charge is 0.504 e. The fourth-order valence-electron chi connectivity index (χ4n) is 2.28. The van der Waals surface area contributed by atoms with Gasteiger partial charge in [-0.3, -0.25) is 4.79 Å². The second kappa shape index (κ2) is 5.29. The van der Waals surface area contributed by atoms with E-state index in [9.17, 15) is 9.90 Å². The molecule has 0 amide bonds. The van der Waals surface area contributed by atoms with E-state index < -0.39 is 0 Å². The fraction of sp³-hybridized carbons (Fsp3) is 0.500. The number of benzene rings is 1. The summed E-state index contributed by atoms with van der Waals surface area (Å²) in [5, 5.41) is 9.93. The third-order valence-corrected chi connectivity index (χ3v) is 3.51. The SMILES string of the molecule is COC(=O)C1CC1CCc1cccc(OC)c1O. The van der Waals surface area contributed by atoms with Crippen LogP contribution in [0.15, 0.2) is 18.2 Å². The minimum Gasteiger partial charge on any atom is -0.504 e. The Morgan fingerprint density at radius 3 is 2.89 bits per heavy atom. The lowest BCUT2D eigenvalue weighted by molar-refractivity contribution is -0.142. The number of hydrogen-bond donors (Lipinski definition) is 1. The third kappa shape index (κ3) is 2.58. The highest BCUT2D eigenvalue weighted by Gasteiger charge is 2.43. The van der Waals surface area contributed by atoms with Crippen molar-refractivity contribution in [3.8, 4) is 11.5 Å².